The third kappa shape index (κ3) is 4.02. The van der Waals surface area contributed by atoms with Crippen LogP contribution in [0.25, 0.3) is 105 Å². The van der Waals surface area contributed by atoms with Crippen LogP contribution in [0.2, 0.25) is 0 Å². The lowest BCUT2D eigenvalue weighted by Gasteiger charge is -2.11. The molecule has 4 heterocycles. The Kier molecular flexibility index (Phi) is 6.02. The molecule has 0 aliphatic carbocycles. The quantitative estimate of drug-likeness (QED) is 0.181. The number of hydrogen-bond acceptors (Lipinski definition) is 1. The summed E-state index contributed by atoms with van der Waals surface area (Å²) in [5.41, 5.74) is 13.3. The first-order valence-electron chi connectivity index (χ1n) is 18.4. The van der Waals surface area contributed by atoms with E-state index in [0.29, 0.717) is 0 Å². The van der Waals surface area contributed by atoms with Crippen molar-refractivity contribution >= 4 is 76.6 Å². The van der Waals surface area contributed by atoms with E-state index in [2.05, 4.69) is 202 Å². The highest BCUT2D eigenvalue weighted by atomic mass is 16.3. The number of nitrogens with zero attached hydrogens (tertiary/aromatic N) is 3. The summed E-state index contributed by atoms with van der Waals surface area (Å²) in [5.74, 6) is 0. The average Bonchev–Trinajstić information content (AvgIpc) is 3.97. The molecule has 0 radical (unpaired) electrons. The van der Waals surface area contributed by atoms with Crippen LogP contribution < -0.4 is 0 Å². The van der Waals surface area contributed by atoms with Crippen molar-refractivity contribution in [2.24, 2.45) is 0 Å². The van der Waals surface area contributed by atoms with Gasteiger partial charge >= 0.3 is 0 Å². The molecule has 0 saturated carbocycles. The van der Waals surface area contributed by atoms with Crippen LogP contribution >= 0.6 is 0 Å². The average molecular weight is 690 g/mol. The molecule has 54 heavy (non-hydrogen) atoms. The van der Waals surface area contributed by atoms with Gasteiger partial charge in [-0.05, 0) is 72.3 Å². The van der Waals surface area contributed by atoms with E-state index in [0.717, 1.165) is 55.8 Å². The van der Waals surface area contributed by atoms with E-state index in [4.69, 9.17) is 4.42 Å². The molecule has 12 rings (SSSR count). The smallest absolute Gasteiger partial charge is 0.213 e. The number of para-hydroxylation sites is 6. The number of rotatable bonds is 4. The Morgan fingerprint density at radius 1 is 0.315 bits per heavy atom. The van der Waals surface area contributed by atoms with Gasteiger partial charge in [0, 0.05) is 54.9 Å². The second kappa shape index (κ2) is 11.1. The van der Waals surface area contributed by atoms with Crippen LogP contribution in [0.5, 0.6) is 0 Å². The van der Waals surface area contributed by atoms with E-state index in [1.54, 1.807) is 0 Å². The molecule has 0 N–H and O–H groups in total. The fraction of sp³-hybridized carbons (Fsp3) is 0. The molecular formula is C50H31N3O. The zero-order valence-corrected chi connectivity index (χ0v) is 29.1. The predicted molar refractivity (Wildman–Crippen MR) is 225 cm³/mol. The molecule has 4 aromatic heterocycles. The van der Waals surface area contributed by atoms with Crippen LogP contribution in [0.3, 0.4) is 0 Å². The van der Waals surface area contributed by atoms with Gasteiger partial charge in [0.05, 0.1) is 33.0 Å². The van der Waals surface area contributed by atoms with Crippen LogP contribution in [0, 0.1) is 0 Å². The van der Waals surface area contributed by atoms with Gasteiger partial charge in [-0.15, -0.1) is 0 Å². The lowest BCUT2D eigenvalue weighted by molar-refractivity contribution is 0.646. The predicted octanol–water partition coefficient (Wildman–Crippen LogP) is 13.4. The van der Waals surface area contributed by atoms with E-state index in [1.165, 1.54) is 49.0 Å². The third-order valence-electron chi connectivity index (χ3n) is 11.3. The van der Waals surface area contributed by atoms with Crippen molar-refractivity contribution < 1.29 is 4.42 Å². The number of aromatic nitrogens is 3. The van der Waals surface area contributed by atoms with Crippen molar-refractivity contribution in [2.45, 2.75) is 0 Å². The molecule has 0 fully saturated rings. The first kappa shape index (κ1) is 29.3. The topological polar surface area (TPSA) is 27.9 Å². The first-order chi connectivity index (χ1) is 26.8. The zero-order valence-electron chi connectivity index (χ0n) is 29.1. The molecular weight excluding hydrogens is 659 g/mol. The molecule has 0 aliphatic rings. The lowest BCUT2D eigenvalue weighted by atomic mass is 10.0. The van der Waals surface area contributed by atoms with Crippen molar-refractivity contribution in [3.05, 3.63) is 188 Å². The van der Waals surface area contributed by atoms with Crippen molar-refractivity contribution in [1.82, 2.24) is 13.7 Å². The maximum atomic E-state index is 6.88. The number of hydrogen-bond donors (Lipinski definition) is 0. The van der Waals surface area contributed by atoms with Crippen molar-refractivity contribution in [3.63, 3.8) is 0 Å². The zero-order chi connectivity index (χ0) is 35.3. The highest BCUT2D eigenvalue weighted by Gasteiger charge is 2.21. The summed E-state index contributed by atoms with van der Waals surface area (Å²) in [6, 6.07) is 67.5. The van der Waals surface area contributed by atoms with Gasteiger partial charge in [0.2, 0.25) is 5.71 Å². The van der Waals surface area contributed by atoms with Crippen molar-refractivity contribution in [3.8, 4) is 28.2 Å². The minimum atomic E-state index is 0.868. The molecule has 0 aliphatic heterocycles. The molecule has 12 aromatic rings. The molecule has 0 unspecified atom stereocenters. The van der Waals surface area contributed by atoms with Crippen LogP contribution in [0.1, 0.15) is 0 Å². The van der Waals surface area contributed by atoms with Gasteiger partial charge in [-0.1, -0.05) is 121 Å². The molecule has 4 heteroatoms. The summed E-state index contributed by atoms with van der Waals surface area (Å²) in [7, 11) is 0. The largest absolute Gasteiger partial charge is 0.438 e. The minimum Gasteiger partial charge on any atom is -0.438 e. The molecule has 0 amide bonds. The third-order valence-corrected chi connectivity index (χ3v) is 11.3. The summed E-state index contributed by atoms with van der Waals surface area (Å²) in [6.45, 7) is 0. The second-order valence-electron chi connectivity index (χ2n) is 14.1. The Bertz CT molecular complexity index is 3380. The Balaban J connectivity index is 1.01. The molecule has 0 bridgehead atoms. The normalized spacial score (nSPS) is 12.1. The summed E-state index contributed by atoms with van der Waals surface area (Å²) in [5, 5.41) is 8.46. The van der Waals surface area contributed by atoms with Crippen molar-refractivity contribution in [2.75, 3.05) is 0 Å². The molecule has 0 atom stereocenters. The second-order valence-corrected chi connectivity index (χ2v) is 14.1. The van der Waals surface area contributed by atoms with Crippen molar-refractivity contribution in [1.29, 1.82) is 0 Å². The molecule has 0 spiro atoms. The first-order valence-corrected chi connectivity index (χ1v) is 18.4. The standard InChI is InChI=1S/C50H31N3O/c1-2-13-33(14-3-1)53-46-24-11-7-18-40(46)48-41-20-12-19-36(49(41)54-50(48)53)32-25-27-34(28-26-32)51-45-23-10-6-17-39(45)42-31-35(29-30-47(42)51)52-43-21-8-4-15-37(43)38-16-5-9-22-44(38)52/h1-31H. The van der Waals surface area contributed by atoms with E-state index in [9.17, 15) is 0 Å². The van der Waals surface area contributed by atoms with E-state index < -0.39 is 0 Å². The number of furan rings is 1. The monoisotopic (exact) mass is 689 g/mol. The summed E-state index contributed by atoms with van der Waals surface area (Å²) in [4.78, 5) is 0. The summed E-state index contributed by atoms with van der Waals surface area (Å²) in [6.07, 6.45) is 0. The van der Waals surface area contributed by atoms with Crippen LogP contribution in [0.15, 0.2) is 192 Å². The number of fused-ring (bicyclic) bond motifs is 11. The number of benzene rings is 8. The van der Waals surface area contributed by atoms with Gasteiger partial charge in [-0.3, -0.25) is 4.57 Å². The van der Waals surface area contributed by atoms with Crippen LogP contribution in [-0.2, 0) is 0 Å². The summed E-state index contributed by atoms with van der Waals surface area (Å²) >= 11 is 0. The van der Waals surface area contributed by atoms with E-state index >= 15 is 0 Å². The Morgan fingerprint density at radius 2 is 0.796 bits per heavy atom. The van der Waals surface area contributed by atoms with Gasteiger partial charge in [-0.2, -0.15) is 0 Å². The molecule has 252 valence electrons. The fourth-order valence-electron chi connectivity index (χ4n) is 8.94. The minimum absolute atomic E-state index is 0.868. The van der Waals surface area contributed by atoms with Crippen LogP contribution in [0.4, 0.5) is 0 Å². The van der Waals surface area contributed by atoms with E-state index in [-0.39, 0.29) is 0 Å². The Labute approximate surface area is 309 Å². The highest BCUT2D eigenvalue weighted by Crippen LogP contribution is 2.43. The maximum absolute atomic E-state index is 6.88. The molecule has 0 saturated heterocycles. The fourth-order valence-corrected chi connectivity index (χ4v) is 8.94. The highest BCUT2D eigenvalue weighted by molar-refractivity contribution is 6.21. The van der Waals surface area contributed by atoms with E-state index in [1.807, 2.05) is 0 Å². The van der Waals surface area contributed by atoms with Gasteiger partial charge in [-0.25, -0.2) is 0 Å². The molecule has 8 aromatic carbocycles. The maximum Gasteiger partial charge on any atom is 0.213 e. The van der Waals surface area contributed by atoms with Gasteiger partial charge < -0.3 is 13.6 Å². The van der Waals surface area contributed by atoms with Gasteiger partial charge in [0.1, 0.15) is 5.58 Å². The molecule has 4 nitrogen and oxygen atoms in total. The summed E-state index contributed by atoms with van der Waals surface area (Å²) < 4.78 is 13.9. The van der Waals surface area contributed by atoms with Gasteiger partial charge in [0.15, 0.2) is 0 Å². The van der Waals surface area contributed by atoms with Crippen LogP contribution in [-0.4, -0.2) is 13.7 Å². The SMILES string of the molecule is c1ccc(-n2c3ccccc3c3c4cccc(-c5ccc(-n6c7ccccc7c7cc(-n8c9ccccc9c9ccccc98)ccc76)cc5)c4oc32)cc1. The Morgan fingerprint density at radius 3 is 1.46 bits per heavy atom. The Hall–Kier alpha value is -7.30. The van der Waals surface area contributed by atoms with Gasteiger partial charge in [0.25, 0.3) is 0 Å². The lowest BCUT2D eigenvalue weighted by Crippen LogP contribution is -1.96.